The lowest BCUT2D eigenvalue weighted by Gasteiger charge is -2.09. The number of Topliss-reactive ketones (excluding diaryl/α,β-unsaturated/α-hetero) is 1. The molecule has 0 atom stereocenters. The summed E-state index contributed by atoms with van der Waals surface area (Å²) in [6, 6.07) is 11.1. The summed E-state index contributed by atoms with van der Waals surface area (Å²) in [7, 11) is 1.82. The number of aryl methyl sites for hydroxylation is 2. The summed E-state index contributed by atoms with van der Waals surface area (Å²) in [4.78, 5) is 37.5. The van der Waals surface area contributed by atoms with Crippen LogP contribution >= 0.6 is 0 Å². The Morgan fingerprint density at radius 2 is 1.68 bits per heavy atom. The Hall–Kier alpha value is -4.21. The van der Waals surface area contributed by atoms with Gasteiger partial charge in [-0.1, -0.05) is 18.2 Å². The van der Waals surface area contributed by atoms with Gasteiger partial charge >= 0.3 is 5.69 Å². The lowest BCUT2D eigenvalue weighted by atomic mass is 10.1. The molecule has 0 N–H and O–H groups in total. The zero-order valence-electron chi connectivity index (χ0n) is 20.0. The average Bonchev–Trinajstić information content (AvgIpc) is 3.31. The molecule has 0 bridgehead atoms. The van der Waals surface area contributed by atoms with Crippen LogP contribution < -0.4 is 5.56 Å². The minimum absolute atomic E-state index is 0.0837. The Labute approximate surface area is 195 Å². The molecule has 0 saturated heterocycles. The van der Waals surface area contributed by atoms with E-state index in [1.807, 2.05) is 51.2 Å². The standard InChI is InChI=1S/C24H26N6O4/c1-14-12-20(21(31)13-27-18(5)22(30(33)34)15(2)25-27)16(3)28(14)23-17(4)26(6)29(24(23)32)19-10-8-7-9-11-19/h7-12H,13H2,1-6H3. The number of aromatic nitrogens is 5. The van der Waals surface area contributed by atoms with E-state index < -0.39 is 4.92 Å². The minimum atomic E-state index is -0.486. The Morgan fingerprint density at radius 1 is 1.03 bits per heavy atom. The maximum Gasteiger partial charge on any atom is 0.312 e. The molecule has 10 nitrogen and oxygen atoms in total. The zero-order valence-corrected chi connectivity index (χ0v) is 20.0. The van der Waals surface area contributed by atoms with E-state index in [-0.39, 0.29) is 29.3 Å². The quantitative estimate of drug-likeness (QED) is 0.247. The number of hydrogen-bond acceptors (Lipinski definition) is 5. The number of hydrogen-bond donors (Lipinski definition) is 0. The lowest BCUT2D eigenvalue weighted by molar-refractivity contribution is -0.386. The van der Waals surface area contributed by atoms with Crippen LogP contribution in [0.1, 0.15) is 38.8 Å². The molecule has 0 amide bonds. The minimum Gasteiger partial charge on any atom is -0.311 e. The molecule has 0 aliphatic rings. The maximum absolute atomic E-state index is 13.5. The van der Waals surface area contributed by atoms with Crippen molar-refractivity contribution in [3.05, 3.63) is 90.9 Å². The number of nitrogens with zero attached hydrogens (tertiary/aromatic N) is 6. The Kier molecular flexibility index (Phi) is 5.60. The van der Waals surface area contributed by atoms with Crippen LogP contribution in [0.2, 0.25) is 0 Å². The third-order valence-corrected chi connectivity index (χ3v) is 6.30. The molecule has 0 spiro atoms. The molecule has 4 rings (SSSR count). The summed E-state index contributed by atoms with van der Waals surface area (Å²) < 4.78 is 6.55. The molecule has 4 aromatic rings. The molecule has 1 aromatic carbocycles. The number of benzene rings is 1. The van der Waals surface area contributed by atoms with E-state index in [0.717, 1.165) is 17.1 Å². The fourth-order valence-corrected chi connectivity index (χ4v) is 4.53. The van der Waals surface area contributed by atoms with E-state index in [4.69, 9.17) is 0 Å². The SMILES string of the molecule is Cc1nn(CC(=O)c2cc(C)n(-c3c(C)n(C)n(-c4ccccc4)c3=O)c2C)c(C)c1[N+](=O)[O-]. The van der Waals surface area contributed by atoms with Gasteiger partial charge in [-0.3, -0.25) is 29.1 Å². The molecule has 34 heavy (non-hydrogen) atoms. The summed E-state index contributed by atoms with van der Waals surface area (Å²) in [5.74, 6) is -0.239. The van der Waals surface area contributed by atoms with Crippen molar-refractivity contribution in [1.29, 1.82) is 0 Å². The van der Waals surface area contributed by atoms with Crippen molar-refractivity contribution in [2.24, 2.45) is 7.05 Å². The van der Waals surface area contributed by atoms with Gasteiger partial charge in [-0.05, 0) is 52.8 Å². The van der Waals surface area contributed by atoms with Crippen LogP contribution in [0.15, 0.2) is 41.2 Å². The Balaban J connectivity index is 1.78. The molecule has 0 aliphatic carbocycles. The molecule has 10 heteroatoms. The normalized spacial score (nSPS) is 11.2. The number of para-hydroxylation sites is 1. The first-order valence-electron chi connectivity index (χ1n) is 10.8. The van der Waals surface area contributed by atoms with Crippen molar-refractivity contribution < 1.29 is 9.72 Å². The predicted octanol–water partition coefficient (Wildman–Crippen LogP) is 3.50. The smallest absolute Gasteiger partial charge is 0.311 e. The molecule has 0 fully saturated rings. The van der Waals surface area contributed by atoms with Gasteiger partial charge in [0.15, 0.2) is 5.78 Å². The second-order valence-electron chi connectivity index (χ2n) is 8.39. The first kappa shape index (κ1) is 23.0. The molecular formula is C24H26N6O4. The highest BCUT2D eigenvalue weighted by Gasteiger charge is 2.26. The molecule has 176 valence electrons. The predicted molar refractivity (Wildman–Crippen MR) is 127 cm³/mol. The van der Waals surface area contributed by atoms with Crippen LogP contribution in [-0.4, -0.2) is 34.4 Å². The Bertz CT molecular complexity index is 1500. The van der Waals surface area contributed by atoms with Gasteiger partial charge in [0.05, 0.1) is 16.3 Å². The number of rotatable bonds is 6. The first-order chi connectivity index (χ1) is 16.0. The van der Waals surface area contributed by atoms with Gasteiger partial charge in [0.25, 0.3) is 5.56 Å². The summed E-state index contributed by atoms with van der Waals surface area (Å²) in [6.07, 6.45) is 0. The molecule has 0 saturated carbocycles. The van der Waals surface area contributed by atoms with E-state index in [1.165, 1.54) is 4.68 Å². The van der Waals surface area contributed by atoms with Gasteiger partial charge < -0.3 is 4.57 Å². The summed E-state index contributed by atoms with van der Waals surface area (Å²) >= 11 is 0. The second-order valence-corrected chi connectivity index (χ2v) is 8.39. The van der Waals surface area contributed by atoms with Crippen molar-refractivity contribution in [1.82, 2.24) is 23.7 Å². The number of ketones is 1. The molecule has 0 radical (unpaired) electrons. The van der Waals surface area contributed by atoms with Crippen molar-refractivity contribution in [2.75, 3.05) is 0 Å². The largest absolute Gasteiger partial charge is 0.312 e. The van der Waals surface area contributed by atoms with Crippen molar-refractivity contribution in [3.8, 4) is 11.4 Å². The monoisotopic (exact) mass is 462 g/mol. The summed E-state index contributed by atoms with van der Waals surface area (Å²) in [5, 5.41) is 15.5. The Morgan fingerprint density at radius 3 is 2.26 bits per heavy atom. The number of carbonyl (C=O) groups is 1. The first-order valence-corrected chi connectivity index (χ1v) is 10.8. The molecule has 0 aliphatic heterocycles. The highest BCUT2D eigenvalue weighted by molar-refractivity contribution is 5.97. The van der Waals surface area contributed by atoms with Gasteiger partial charge in [-0.15, -0.1) is 0 Å². The van der Waals surface area contributed by atoms with Crippen LogP contribution in [0.25, 0.3) is 11.4 Å². The van der Waals surface area contributed by atoms with E-state index in [0.29, 0.717) is 22.6 Å². The van der Waals surface area contributed by atoms with E-state index in [9.17, 15) is 19.7 Å². The van der Waals surface area contributed by atoms with Crippen molar-refractivity contribution >= 4 is 11.5 Å². The molecule has 3 heterocycles. The van der Waals surface area contributed by atoms with Crippen LogP contribution in [0.5, 0.6) is 0 Å². The van der Waals surface area contributed by atoms with Crippen molar-refractivity contribution in [2.45, 2.75) is 41.2 Å². The molecule has 0 unspecified atom stereocenters. The van der Waals surface area contributed by atoms with E-state index >= 15 is 0 Å². The molecule has 3 aromatic heterocycles. The highest BCUT2D eigenvalue weighted by atomic mass is 16.6. The van der Waals surface area contributed by atoms with Gasteiger partial charge in [0.2, 0.25) is 0 Å². The summed E-state index contributed by atoms with van der Waals surface area (Å²) in [6.45, 7) is 8.50. The third kappa shape index (κ3) is 3.47. The lowest BCUT2D eigenvalue weighted by Crippen LogP contribution is -2.22. The average molecular weight is 463 g/mol. The van der Waals surface area contributed by atoms with Crippen molar-refractivity contribution in [3.63, 3.8) is 0 Å². The fraction of sp³-hybridized carbons (Fsp3) is 0.292. The van der Waals surface area contributed by atoms with Gasteiger partial charge in [-0.25, -0.2) is 4.68 Å². The van der Waals surface area contributed by atoms with Gasteiger partial charge in [0, 0.05) is 24.0 Å². The fourth-order valence-electron chi connectivity index (χ4n) is 4.53. The number of carbonyl (C=O) groups excluding carboxylic acids is 1. The number of nitro groups is 1. The maximum atomic E-state index is 13.5. The third-order valence-electron chi connectivity index (χ3n) is 6.30. The highest BCUT2D eigenvalue weighted by Crippen LogP contribution is 2.25. The van der Waals surface area contributed by atoms with Gasteiger partial charge in [0.1, 0.15) is 23.6 Å². The zero-order chi connectivity index (χ0) is 24.9. The van der Waals surface area contributed by atoms with Gasteiger partial charge in [-0.2, -0.15) is 5.10 Å². The second kappa shape index (κ2) is 8.29. The molecular weight excluding hydrogens is 436 g/mol. The van der Waals surface area contributed by atoms with Crippen LogP contribution in [0.4, 0.5) is 5.69 Å². The van der Waals surface area contributed by atoms with Crippen LogP contribution in [-0.2, 0) is 13.6 Å². The van der Waals surface area contributed by atoms with Crippen LogP contribution in [0, 0.1) is 44.7 Å². The van der Waals surface area contributed by atoms with E-state index in [1.54, 1.807) is 40.8 Å². The summed E-state index contributed by atoms with van der Waals surface area (Å²) in [5.41, 5.74) is 4.11. The topological polar surface area (TPSA) is 110 Å². The van der Waals surface area contributed by atoms with Crippen LogP contribution in [0.3, 0.4) is 0 Å². The van der Waals surface area contributed by atoms with E-state index in [2.05, 4.69) is 5.10 Å².